The number of nitrogens with one attached hydrogen (secondary N) is 1. The van der Waals surface area contributed by atoms with E-state index in [9.17, 15) is 8.78 Å². The van der Waals surface area contributed by atoms with Crippen LogP contribution in [0.5, 0.6) is 0 Å². The largest absolute Gasteiger partial charge is 0.324 e. The van der Waals surface area contributed by atoms with Crippen LogP contribution in [0.1, 0.15) is 5.69 Å². The van der Waals surface area contributed by atoms with E-state index in [0.717, 1.165) is 33.9 Å². The molecule has 1 N–H and O–H groups in total. The highest BCUT2D eigenvalue weighted by molar-refractivity contribution is 9.10. The SMILES string of the molecule is Cc1ncc(Br)cc1NSc1ccc(F)cc1F. The van der Waals surface area contributed by atoms with Crippen molar-refractivity contribution in [3.63, 3.8) is 0 Å². The summed E-state index contributed by atoms with van der Waals surface area (Å²) in [7, 11) is 0. The lowest BCUT2D eigenvalue weighted by Gasteiger charge is -2.08. The highest BCUT2D eigenvalue weighted by Crippen LogP contribution is 2.27. The predicted octanol–water partition coefficient (Wildman–Crippen LogP) is 4.55. The first-order chi connectivity index (χ1) is 8.56. The van der Waals surface area contributed by atoms with Crippen molar-refractivity contribution in [1.29, 1.82) is 0 Å². The van der Waals surface area contributed by atoms with Crippen LogP contribution in [0.4, 0.5) is 14.5 Å². The Bertz CT molecular complexity index is 578. The highest BCUT2D eigenvalue weighted by atomic mass is 79.9. The average molecular weight is 331 g/mol. The number of benzene rings is 1. The summed E-state index contributed by atoms with van der Waals surface area (Å²) in [4.78, 5) is 4.48. The van der Waals surface area contributed by atoms with Gasteiger partial charge in [0.15, 0.2) is 0 Å². The normalized spacial score (nSPS) is 10.4. The minimum atomic E-state index is -0.590. The molecule has 2 rings (SSSR count). The fourth-order valence-corrected chi connectivity index (χ4v) is 2.33. The van der Waals surface area contributed by atoms with Gasteiger partial charge in [-0.1, -0.05) is 0 Å². The number of hydrogen-bond acceptors (Lipinski definition) is 3. The molecule has 0 atom stereocenters. The monoisotopic (exact) mass is 330 g/mol. The number of pyridine rings is 1. The second-order valence-corrected chi connectivity index (χ2v) is 5.33. The summed E-state index contributed by atoms with van der Waals surface area (Å²) in [5.74, 6) is -1.18. The quantitative estimate of drug-likeness (QED) is 0.835. The summed E-state index contributed by atoms with van der Waals surface area (Å²) in [5.41, 5.74) is 1.58. The molecule has 0 amide bonds. The van der Waals surface area contributed by atoms with Gasteiger partial charge in [0.25, 0.3) is 0 Å². The minimum absolute atomic E-state index is 0.329. The molecule has 94 valence electrons. The maximum absolute atomic E-state index is 13.4. The second kappa shape index (κ2) is 5.67. The van der Waals surface area contributed by atoms with Gasteiger partial charge in [0, 0.05) is 16.7 Å². The molecule has 6 heteroatoms. The lowest BCUT2D eigenvalue weighted by Crippen LogP contribution is -1.94. The van der Waals surface area contributed by atoms with E-state index in [1.807, 2.05) is 13.0 Å². The van der Waals surface area contributed by atoms with Crippen LogP contribution in [0.15, 0.2) is 39.8 Å². The Labute approximate surface area is 116 Å². The van der Waals surface area contributed by atoms with Gasteiger partial charge in [-0.25, -0.2) is 8.78 Å². The zero-order valence-electron chi connectivity index (χ0n) is 9.38. The van der Waals surface area contributed by atoms with Crippen molar-refractivity contribution in [1.82, 2.24) is 4.98 Å². The van der Waals surface area contributed by atoms with Crippen molar-refractivity contribution in [3.8, 4) is 0 Å². The number of aryl methyl sites for hydroxylation is 1. The Morgan fingerprint density at radius 1 is 1.28 bits per heavy atom. The van der Waals surface area contributed by atoms with E-state index < -0.39 is 11.6 Å². The Kier molecular flexibility index (Phi) is 4.19. The fraction of sp³-hybridized carbons (Fsp3) is 0.0833. The molecule has 18 heavy (non-hydrogen) atoms. The number of hydrogen-bond donors (Lipinski definition) is 1. The molecule has 0 fully saturated rings. The average Bonchev–Trinajstić information content (AvgIpc) is 2.32. The van der Waals surface area contributed by atoms with Crippen LogP contribution in [0.25, 0.3) is 0 Å². The lowest BCUT2D eigenvalue weighted by molar-refractivity contribution is 0.566. The molecule has 0 unspecified atom stereocenters. The molecule has 1 aromatic heterocycles. The van der Waals surface area contributed by atoms with E-state index in [1.165, 1.54) is 12.1 Å². The second-order valence-electron chi connectivity index (χ2n) is 3.57. The molecular formula is C12H9BrF2N2S. The van der Waals surface area contributed by atoms with Crippen molar-refractivity contribution in [2.45, 2.75) is 11.8 Å². The molecule has 1 aromatic carbocycles. The van der Waals surface area contributed by atoms with E-state index in [2.05, 4.69) is 25.6 Å². The number of halogens is 3. The molecule has 2 aromatic rings. The Morgan fingerprint density at radius 2 is 2.06 bits per heavy atom. The molecule has 0 aliphatic heterocycles. The van der Waals surface area contributed by atoms with E-state index in [4.69, 9.17) is 0 Å². The smallest absolute Gasteiger partial charge is 0.141 e. The zero-order chi connectivity index (χ0) is 13.1. The van der Waals surface area contributed by atoms with E-state index in [0.29, 0.717) is 4.90 Å². The summed E-state index contributed by atoms with van der Waals surface area (Å²) in [6, 6.07) is 5.31. The standard InChI is InChI=1S/C12H9BrF2N2S/c1-7-11(4-8(13)6-16-7)17-18-12-3-2-9(14)5-10(12)15/h2-6,17H,1H3. The van der Waals surface area contributed by atoms with Crippen LogP contribution < -0.4 is 4.72 Å². The lowest BCUT2D eigenvalue weighted by atomic mass is 10.3. The summed E-state index contributed by atoms with van der Waals surface area (Å²) >= 11 is 4.39. The Morgan fingerprint density at radius 3 is 2.78 bits per heavy atom. The van der Waals surface area contributed by atoms with Gasteiger partial charge in [-0.3, -0.25) is 4.98 Å². The number of anilines is 1. The van der Waals surface area contributed by atoms with Crippen molar-refractivity contribution in [2.75, 3.05) is 4.72 Å². The van der Waals surface area contributed by atoms with Crippen LogP contribution in [0.3, 0.4) is 0 Å². The van der Waals surface area contributed by atoms with Gasteiger partial charge in [0.05, 0.1) is 16.3 Å². The summed E-state index contributed by atoms with van der Waals surface area (Å²) in [6.45, 7) is 1.84. The number of nitrogens with zero attached hydrogens (tertiary/aromatic N) is 1. The van der Waals surface area contributed by atoms with Gasteiger partial charge in [-0.2, -0.15) is 0 Å². The molecule has 0 radical (unpaired) electrons. The molecule has 0 spiro atoms. The zero-order valence-corrected chi connectivity index (χ0v) is 11.8. The van der Waals surface area contributed by atoms with Gasteiger partial charge in [0.2, 0.25) is 0 Å². The maximum Gasteiger partial charge on any atom is 0.141 e. The van der Waals surface area contributed by atoms with E-state index >= 15 is 0 Å². The van der Waals surface area contributed by atoms with Gasteiger partial charge < -0.3 is 4.72 Å². The molecule has 2 nitrogen and oxygen atoms in total. The third-order valence-electron chi connectivity index (χ3n) is 2.22. The van der Waals surface area contributed by atoms with E-state index in [-0.39, 0.29) is 0 Å². The maximum atomic E-state index is 13.4. The topological polar surface area (TPSA) is 24.9 Å². The van der Waals surface area contributed by atoms with Gasteiger partial charge in [-0.05, 0) is 53.0 Å². The van der Waals surface area contributed by atoms with Crippen LogP contribution in [-0.4, -0.2) is 4.98 Å². The molecule has 0 saturated carbocycles. The fourth-order valence-electron chi connectivity index (χ4n) is 1.28. The number of aromatic nitrogens is 1. The Balaban J connectivity index is 2.13. The summed E-state index contributed by atoms with van der Waals surface area (Å²) in [6.07, 6.45) is 1.68. The van der Waals surface area contributed by atoms with Crippen molar-refractivity contribution < 1.29 is 8.78 Å². The van der Waals surface area contributed by atoms with Crippen LogP contribution in [-0.2, 0) is 0 Å². The van der Waals surface area contributed by atoms with E-state index in [1.54, 1.807) is 6.20 Å². The first kappa shape index (κ1) is 13.3. The highest BCUT2D eigenvalue weighted by Gasteiger charge is 2.06. The van der Waals surface area contributed by atoms with Gasteiger partial charge in [0.1, 0.15) is 11.6 Å². The van der Waals surface area contributed by atoms with Crippen molar-refractivity contribution in [2.24, 2.45) is 0 Å². The predicted molar refractivity (Wildman–Crippen MR) is 72.5 cm³/mol. The third-order valence-corrected chi connectivity index (χ3v) is 3.53. The third kappa shape index (κ3) is 3.20. The van der Waals surface area contributed by atoms with Crippen LogP contribution >= 0.6 is 27.9 Å². The summed E-state index contributed by atoms with van der Waals surface area (Å²) in [5, 5.41) is 0. The van der Waals surface area contributed by atoms with Crippen LogP contribution in [0.2, 0.25) is 0 Å². The first-order valence-electron chi connectivity index (χ1n) is 5.06. The molecule has 0 aliphatic rings. The molecule has 1 heterocycles. The summed E-state index contributed by atoms with van der Waals surface area (Å²) < 4.78 is 30.0. The van der Waals surface area contributed by atoms with Crippen molar-refractivity contribution >= 4 is 33.6 Å². The minimum Gasteiger partial charge on any atom is -0.324 e. The molecule has 0 aliphatic carbocycles. The van der Waals surface area contributed by atoms with Crippen molar-refractivity contribution in [3.05, 3.63) is 52.3 Å². The van der Waals surface area contributed by atoms with Gasteiger partial charge >= 0.3 is 0 Å². The van der Waals surface area contributed by atoms with Crippen LogP contribution in [0, 0.1) is 18.6 Å². The number of rotatable bonds is 3. The first-order valence-corrected chi connectivity index (χ1v) is 6.67. The molecular weight excluding hydrogens is 322 g/mol. The molecule has 0 bridgehead atoms. The molecule has 0 saturated heterocycles. The Hall–Kier alpha value is -1.14. The van der Waals surface area contributed by atoms with Gasteiger partial charge in [-0.15, -0.1) is 0 Å².